The summed E-state index contributed by atoms with van der Waals surface area (Å²) in [5.41, 5.74) is 10.5. The molecule has 49 heavy (non-hydrogen) atoms. The highest BCUT2D eigenvalue weighted by atomic mass is 32.3. The van der Waals surface area contributed by atoms with E-state index in [0.29, 0.717) is 0 Å². The summed E-state index contributed by atoms with van der Waals surface area (Å²) >= 11 is 0. The molecule has 4 aromatic rings. The molecular weight excluding hydrogens is 682 g/mol. The highest BCUT2D eigenvalue weighted by Crippen LogP contribution is 2.22. The number of aliphatic hydroxyl groups is 2. The van der Waals surface area contributed by atoms with Gasteiger partial charge in [-0.2, -0.15) is 8.42 Å². The van der Waals surface area contributed by atoms with Crippen LogP contribution in [0.2, 0.25) is 0 Å². The van der Waals surface area contributed by atoms with Crippen LogP contribution in [0.5, 0.6) is 0 Å². The second-order valence-electron chi connectivity index (χ2n) is 11.6. The normalized spacial score (nSPS) is 16.7. The monoisotopic (exact) mass is 726 g/mol. The van der Waals surface area contributed by atoms with Crippen LogP contribution in [0.15, 0.2) is 60.9 Å². The molecule has 1 saturated heterocycles. The number of alkyl halides is 6. The number of hydrogen-bond acceptors (Lipinski definition) is 8. The molecule has 17 heteroatoms. The number of benzene rings is 2. The number of nitrogens with two attached hydrogens (primary N) is 1. The number of halogens is 6. The van der Waals surface area contributed by atoms with Crippen molar-refractivity contribution in [1.29, 1.82) is 0 Å². The van der Waals surface area contributed by atoms with Crippen LogP contribution < -0.4 is 11.1 Å². The summed E-state index contributed by atoms with van der Waals surface area (Å²) in [6, 6.07) is 16.6. The molecule has 5 rings (SSSR count). The van der Waals surface area contributed by atoms with E-state index in [1.165, 1.54) is 28.8 Å². The summed E-state index contributed by atoms with van der Waals surface area (Å²) in [4.78, 5) is 6.44. The molecule has 0 aliphatic carbocycles. The van der Waals surface area contributed by atoms with Gasteiger partial charge in [0.15, 0.2) is 0 Å². The number of aromatic nitrogens is 2. The molecule has 0 unspecified atom stereocenters. The van der Waals surface area contributed by atoms with Crippen molar-refractivity contribution in [2.45, 2.75) is 69.9 Å². The first kappa shape index (κ1) is 42.0. The van der Waals surface area contributed by atoms with Gasteiger partial charge in [0, 0.05) is 52.7 Å². The number of fused-ring (bicyclic) bond motifs is 2. The molecule has 0 amide bonds. The molecule has 2 aromatic heterocycles. The number of H-pyrrole nitrogens is 2. The summed E-state index contributed by atoms with van der Waals surface area (Å²) in [5.74, 6) is -9.11. The first-order valence-corrected chi connectivity index (χ1v) is 16.6. The van der Waals surface area contributed by atoms with Gasteiger partial charge in [0.25, 0.3) is 17.8 Å². The molecule has 1 aliphatic rings. The zero-order valence-corrected chi connectivity index (χ0v) is 28.2. The van der Waals surface area contributed by atoms with Crippen molar-refractivity contribution in [3.63, 3.8) is 0 Å². The maximum Gasteiger partial charge on any atom is 0.400 e. The Bertz CT molecular complexity index is 1640. The fraction of sp³-hybridized carbons (Fsp3) is 0.500. The first-order valence-electron chi connectivity index (χ1n) is 15.3. The van der Waals surface area contributed by atoms with E-state index in [-0.39, 0.29) is 25.0 Å². The Morgan fingerprint density at radius 3 is 1.69 bits per heavy atom. The molecule has 0 spiro atoms. The quantitative estimate of drug-likeness (QED) is 0.120. The van der Waals surface area contributed by atoms with Gasteiger partial charge in [-0.15, -0.1) is 0 Å². The molecule has 3 heterocycles. The van der Waals surface area contributed by atoms with Gasteiger partial charge in [-0.25, -0.2) is 34.7 Å². The van der Waals surface area contributed by atoms with Crippen molar-refractivity contribution in [1.82, 2.24) is 15.3 Å². The summed E-state index contributed by atoms with van der Waals surface area (Å²) in [6.45, 7) is 0.381. The minimum atomic E-state index is -4.13. The molecule has 10 nitrogen and oxygen atoms in total. The third kappa shape index (κ3) is 15.1. The summed E-state index contributed by atoms with van der Waals surface area (Å²) in [5, 5.41) is 20.7. The highest BCUT2D eigenvalue weighted by Gasteiger charge is 2.39. The van der Waals surface area contributed by atoms with E-state index >= 15 is 0 Å². The molecule has 1 aliphatic heterocycles. The Morgan fingerprint density at radius 2 is 1.31 bits per heavy atom. The molecule has 0 radical (unpaired) electrons. The van der Waals surface area contributed by atoms with Gasteiger partial charge in [-0.3, -0.25) is 0 Å². The van der Waals surface area contributed by atoms with Gasteiger partial charge in [-0.05, 0) is 49.9 Å². The fourth-order valence-corrected chi connectivity index (χ4v) is 4.94. The lowest BCUT2D eigenvalue weighted by molar-refractivity contribution is -0.0989. The van der Waals surface area contributed by atoms with Crippen molar-refractivity contribution < 1.29 is 53.3 Å². The number of nitrogens with one attached hydrogen (secondary N) is 3. The van der Waals surface area contributed by atoms with E-state index in [0.717, 1.165) is 23.9 Å². The molecule has 276 valence electrons. The topological polar surface area (TPSA) is 163 Å². The molecule has 7 N–H and O–H groups in total. The van der Waals surface area contributed by atoms with Crippen LogP contribution in [0.3, 0.4) is 0 Å². The second-order valence-corrected chi connectivity index (χ2v) is 12.8. The predicted molar refractivity (Wildman–Crippen MR) is 175 cm³/mol. The smallest absolute Gasteiger partial charge is 0.390 e. The Balaban J connectivity index is 0.000000242. The summed E-state index contributed by atoms with van der Waals surface area (Å²) in [7, 11) is -4.13. The summed E-state index contributed by atoms with van der Waals surface area (Å²) < 4.78 is 101. The minimum Gasteiger partial charge on any atom is -0.390 e. The van der Waals surface area contributed by atoms with E-state index in [9.17, 15) is 34.8 Å². The van der Waals surface area contributed by atoms with Gasteiger partial charge in [0.2, 0.25) is 0 Å². The van der Waals surface area contributed by atoms with Crippen molar-refractivity contribution in [3.8, 4) is 0 Å². The maximum atomic E-state index is 13.2. The van der Waals surface area contributed by atoms with E-state index in [1.807, 2.05) is 50.5 Å². The van der Waals surface area contributed by atoms with Gasteiger partial charge in [0.1, 0.15) is 26.4 Å². The van der Waals surface area contributed by atoms with Crippen LogP contribution in [0.1, 0.15) is 38.3 Å². The van der Waals surface area contributed by atoms with E-state index in [1.54, 1.807) is 0 Å². The van der Waals surface area contributed by atoms with Crippen LogP contribution in [0, 0.1) is 0 Å². The lowest BCUT2D eigenvalue weighted by Crippen LogP contribution is -2.38. The lowest BCUT2D eigenvalue weighted by atomic mass is 10.1. The van der Waals surface area contributed by atoms with Crippen molar-refractivity contribution in [2.24, 2.45) is 5.73 Å². The van der Waals surface area contributed by atoms with Crippen molar-refractivity contribution in [3.05, 3.63) is 72.1 Å². The number of para-hydroxylation sites is 2. The molecular formula is C32H44F6N4O6S. The third-order valence-electron chi connectivity index (χ3n) is 6.94. The Morgan fingerprint density at radius 1 is 0.857 bits per heavy atom. The number of aromatic amines is 2. The van der Waals surface area contributed by atoms with Crippen LogP contribution in [0.4, 0.5) is 26.3 Å². The van der Waals surface area contributed by atoms with Crippen LogP contribution in [0.25, 0.3) is 21.8 Å². The standard InChI is InChI=1S/C15H20F2N2.C11H14N2.C3H4F2O4S.C3H6F2O2/c1-3-15(16,17)10-19-11(2)8-12-9-18-14-7-5-4-6-13(12)14;1-8(12)6-9-7-13-11-5-3-2-4-10(9)11;4-3(5)1-8-10(6,7)9-2-3;4-3(5,1-6)2-7/h4-7,9,11,18-19H,3,8,10H2,1-2H3;2-5,7-8,13H,6,12H2,1H3;1-2H2;6-7H,1-2H2/t11-;8-;;/m11../s1. The van der Waals surface area contributed by atoms with Crippen LogP contribution in [-0.2, 0) is 31.6 Å². The zero-order chi connectivity index (χ0) is 36.9. The molecule has 0 bridgehead atoms. The molecule has 2 aromatic carbocycles. The number of hydrogen-bond donors (Lipinski definition) is 6. The van der Waals surface area contributed by atoms with E-state index < -0.39 is 54.6 Å². The molecule has 1 fully saturated rings. The minimum absolute atomic E-state index is 0.0247. The van der Waals surface area contributed by atoms with E-state index in [2.05, 4.69) is 47.9 Å². The SMILES string of the molecule is CCC(F)(F)CN[C@H](C)Cc1c[nH]c2ccccc12.C[C@@H](N)Cc1c[nH]c2ccccc12.O=S1(=O)OCC(F)(F)CO1.OCC(F)(F)CO. The van der Waals surface area contributed by atoms with Crippen LogP contribution >= 0.6 is 0 Å². The Labute approximate surface area is 281 Å². The van der Waals surface area contributed by atoms with Gasteiger partial charge in [0.05, 0.1) is 6.54 Å². The van der Waals surface area contributed by atoms with Crippen LogP contribution in [-0.4, -0.2) is 91.4 Å². The number of rotatable bonds is 10. The van der Waals surface area contributed by atoms with Gasteiger partial charge < -0.3 is 31.2 Å². The summed E-state index contributed by atoms with van der Waals surface area (Å²) in [6.07, 6.45) is 5.56. The fourth-order valence-electron chi connectivity index (χ4n) is 4.24. The Hall–Kier alpha value is -3.19. The predicted octanol–water partition coefficient (Wildman–Crippen LogP) is 5.31. The lowest BCUT2D eigenvalue weighted by Gasteiger charge is -2.20. The number of aliphatic hydroxyl groups excluding tert-OH is 2. The average molecular weight is 727 g/mol. The molecule has 0 saturated carbocycles. The third-order valence-corrected chi connectivity index (χ3v) is 7.75. The van der Waals surface area contributed by atoms with Gasteiger partial charge >= 0.3 is 10.4 Å². The first-order chi connectivity index (χ1) is 22.8. The molecule has 2 atom stereocenters. The maximum absolute atomic E-state index is 13.2. The van der Waals surface area contributed by atoms with Crippen molar-refractivity contribution >= 4 is 32.2 Å². The largest absolute Gasteiger partial charge is 0.400 e. The van der Waals surface area contributed by atoms with E-state index in [4.69, 9.17) is 15.9 Å². The zero-order valence-electron chi connectivity index (χ0n) is 27.4. The Kier molecular flexibility index (Phi) is 16.0. The van der Waals surface area contributed by atoms with Crippen molar-refractivity contribution in [2.75, 3.05) is 33.0 Å². The second kappa shape index (κ2) is 18.7. The average Bonchev–Trinajstić information content (AvgIpc) is 3.66. The van der Waals surface area contributed by atoms with Gasteiger partial charge in [-0.1, -0.05) is 43.3 Å². The highest BCUT2D eigenvalue weighted by molar-refractivity contribution is 7.81.